The minimum Gasteiger partial charge on any atom is -0.380 e. The normalized spacial score (nSPS) is 30.7. The summed E-state index contributed by atoms with van der Waals surface area (Å²) in [5, 5.41) is 20.9. The third-order valence-corrected chi connectivity index (χ3v) is 1.31. The molecule has 1 aliphatic heterocycles. The molecule has 1 aliphatic rings. The number of amides is 4. The number of hydrogen-bond acceptors (Lipinski definition) is 5. The van der Waals surface area contributed by atoms with Crippen molar-refractivity contribution in [3.63, 3.8) is 0 Å². The SMILES string of the molecule is O=C1NC(=O)C(O)C(O)C(=O)N1. The first-order chi connectivity index (χ1) is 5.52. The van der Waals surface area contributed by atoms with Gasteiger partial charge in [0, 0.05) is 0 Å². The van der Waals surface area contributed by atoms with Crippen molar-refractivity contribution in [2.45, 2.75) is 12.2 Å². The summed E-state index contributed by atoms with van der Waals surface area (Å²) in [6, 6.07) is -1.06. The zero-order valence-corrected chi connectivity index (χ0v) is 5.77. The first-order valence-electron chi connectivity index (χ1n) is 3.04. The second-order valence-corrected chi connectivity index (χ2v) is 2.20. The van der Waals surface area contributed by atoms with E-state index in [4.69, 9.17) is 10.2 Å². The first kappa shape index (κ1) is 8.62. The molecule has 0 aromatic heterocycles. The molecule has 12 heavy (non-hydrogen) atoms. The molecule has 66 valence electrons. The van der Waals surface area contributed by atoms with Gasteiger partial charge >= 0.3 is 6.03 Å². The average molecular weight is 174 g/mol. The van der Waals surface area contributed by atoms with Crippen molar-refractivity contribution in [1.82, 2.24) is 10.6 Å². The van der Waals surface area contributed by atoms with Crippen LogP contribution in [0.5, 0.6) is 0 Å². The molecule has 0 bridgehead atoms. The lowest BCUT2D eigenvalue weighted by Gasteiger charge is -2.08. The molecule has 2 unspecified atom stereocenters. The Hall–Kier alpha value is -1.47. The zero-order chi connectivity index (χ0) is 9.30. The second-order valence-electron chi connectivity index (χ2n) is 2.20. The number of carbonyl (C=O) groups excluding carboxylic acids is 3. The van der Waals surface area contributed by atoms with Crippen LogP contribution in [0.2, 0.25) is 0 Å². The van der Waals surface area contributed by atoms with Crippen LogP contribution in [0.25, 0.3) is 0 Å². The van der Waals surface area contributed by atoms with Crippen molar-refractivity contribution in [2.24, 2.45) is 0 Å². The number of aliphatic hydroxyl groups is 2. The van der Waals surface area contributed by atoms with Crippen molar-refractivity contribution in [3.8, 4) is 0 Å². The quantitative estimate of drug-likeness (QED) is 0.314. The summed E-state index contributed by atoms with van der Waals surface area (Å²) in [5.41, 5.74) is 0. The number of urea groups is 1. The Morgan fingerprint density at radius 1 is 0.917 bits per heavy atom. The fraction of sp³-hybridized carbons (Fsp3) is 0.400. The Bertz CT molecular complexity index is 226. The molecule has 0 spiro atoms. The van der Waals surface area contributed by atoms with E-state index < -0.39 is 30.1 Å². The van der Waals surface area contributed by atoms with E-state index in [1.807, 2.05) is 0 Å². The van der Waals surface area contributed by atoms with Gasteiger partial charge in [-0.15, -0.1) is 0 Å². The molecule has 1 saturated heterocycles. The van der Waals surface area contributed by atoms with E-state index in [-0.39, 0.29) is 0 Å². The Labute approximate surface area is 66.4 Å². The molecule has 1 fully saturated rings. The molecule has 0 aromatic carbocycles. The Morgan fingerprint density at radius 2 is 1.25 bits per heavy atom. The molecular weight excluding hydrogens is 168 g/mol. The van der Waals surface area contributed by atoms with Crippen molar-refractivity contribution < 1.29 is 24.6 Å². The van der Waals surface area contributed by atoms with Crippen molar-refractivity contribution in [3.05, 3.63) is 0 Å². The minimum atomic E-state index is -1.91. The van der Waals surface area contributed by atoms with Crippen LogP contribution >= 0.6 is 0 Å². The molecule has 7 heteroatoms. The van der Waals surface area contributed by atoms with Gasteiger partial charge in [0.25, 0.3) is 11.8 Å². The van der Waals surface area contributed by atoms with Gasteiger partial charge in [0.05, 0.1) is 0 Å². The molecular formula is C5H6N2O5. The zero-order valence-electron chi connectivity index (χ0n) is 5.77. The van der Waals surface area contributed by atoms with Crippen LogP contribution in [-0.4, -0.2) is 40.3 Å². The van der Waals surface area contributed by atoms with Crippen LogP contribution in [0.15, 0.2) is 0 Å². The highest BCUT2D eigenvalue weighted by atomic mass is 16.3. The third kappa shape index (κ3) is 1.41. The highest BCUT2D eigenvalue weighted by molar-refractivity contribution is 6.09. The van der Waals surface area contributed by atoms with E-state index in [0.717, 1.165) is 0 Å². The summed E-state index contributed by atoms with van der Waals surface area (Å²) in [6.07, 6.45) is -3.81. The second kappa shape index (κ2) is 2.88. The molecule has 4 N–H and O–H groups in total. The molecule has 4 amide bonds. The highest BCUT2D eigenvalue weighted by Gasteiger charge is 2.35. The molecule has 7 nitrogen and oxygen atoms in total. The number of aliphatic hydroxyl groups excluding tert-OH is 2. The van der Waals surface area contributed by atoms with E-state index in [0.29, 0.717) is 0 Å². The maximum atomic E-state index is 10.6. The molecule has 0 radical (unpaired) electrons. The summed E-state index contributed by atoms with van der Waals surface area (Å²) in [4.78, 5) is 31.8. The molecule has 0 aliphatic carbocycles. The van der Waals surface area contributed by atoms with Gasteiger partial charge in [0.15, 0.2) is 12.2 Å². The van der Waals surface area contributed by atoms with Gasteiger partial charge in [0.1, 0.15) is 0 Å². The molecule has 0 aromatic rings. The highest BCUT2D eigenvalue weighted by Crippen LogP contribution is 1.97. The minimum absolute atomic E-state index is 1.06. The Balaban J connectivity index is 2.87. The van der Waals surface area contributed by atoms with E-state index in [1.165, 1.54) is 0 Å². The monoisotopic (exact) mass is 174 g/mol. The lowest BCUT2D eigenvalue weighted by molar-refractivity contribution is -0.142. The summed E-state index contributed by atoms with van der Waals surface area (Å²) >= 11 is 0. The van der Waals surface area contributed by atoms with Crippen LogP contribution < -0.4 is 10.6 Å². The number of hydrogen-bond donors (Lipinski definition) is 4. The van der Waals surface area contributed by atoms with Crippen LogP contribution in [-0.2, 0) is 9.59 Å². The van der Waals surface area contributed by atoms with Crippen LogP contribution in [0, 0.1) is 0 Å². The lowest BCUT2D eigenvalue weighted by Crippen LogP contribution is -2.42. The number of nitrogens with one attached hydrogen (secondary N) is 2. The van der Waals surface area contributed by atoms with E-state index in [2.05, 4.69) is 0 Å². The number of rotatable bonds is 0. The van der Waals surface area contributed by atoms with Gasteiger partial charge in [-0.25, -0.2) is 4.79 Å². The van der Waals surface area contributed by atoms with Gasteiger partial charge in [0.2, 0.25) is 0 Å². The van der Waals surface area contributed by atoms with Crippen LogP contribution in [0.4, 0.5) is 4.79 Å². The fourth-order valence-corrected chi connectivity index (χ4v) is 0.690. The first-order valence-corrected chi connectivity index (χ1v) is 3.04. The summed E-state index contributed by atoms with van der Waals surface area (Å²) < 4.78 is 0. The Kier molecular flexibility index (Phi) is 2.07. The maximum absolute atomic E-state index is 10.6. The van der Waals surface area contributed by atoms with E-state index >= 15 is 0 Å². The molecule has 1 heterocycles. The summed E-state index contributed by atoms with van der Waals surface area (Å²) in [7, 11) is 0. The summed E-state index contributed by atoms with van der Waals surface area (Å²) in [6.45, 7) is 0. The summed E-state index contributed by atoms with van der Waals surface area (Å²) in [5.74, 6) is -2.21. The standard InChI is InChI=1S/C5H6N2O5/c8-1-2(9)4(11)7-5(12)6-3(1)10/h1-2,8-9H,(H2,6,7,10,11,12). The topological polar surface area (TPSA) is 116 Å². The predicted octanol–water partition coefficient (Wildman–Crippen LogP) is -2.93. The van der Waals surface area contributed by atoms with Gasteiger partial charge in [-0.05, 0) is 0 Å². The molecule has 2 atom stereocenters. The smallest absolute Gasteiger partial charge is 0.328 e. The van der Waals surface area contributed by atoms with Crippen molar-refractivity contribution >= 4 is 17.8 Å². The molecule has 0 saturated carbocycles. The van der Waals surface area contributed by atoms with E-state index in [9.17, 15) is 14.4 Å². The third-order valence-electron chi connectivity index (χ3n) is 1.31. The lowest BCUT2D eigenvalue weighted by atomic mass is 10.2. The van der Waals surface area contributed by atoms with Gasteiger partial charge in [-0.2, -0.15) is 0 Å². The Morgan fingerprint density at radius 3 is 1.58 bits per heavy atom. The van der Waals surface area contributed by atoms with Crippen molar-refractivity contribution in [2.75, 3.05) is 0 Å². The van der Waals surface area contributed by atoms with Gasteiger partial charge in [-0.1, -0.05) is 0 Å². The fourth-order valence-electron chi connectivity index (χ4n) is 0.690. The van der Waals surface area contributed by atoms with Gasteiger partial charge < -0.3 is 10.2 Å². The van der Waals surface area contributed by atoms with Crippen LogP contribution in [0.1, 0.15) is 0 Å². The van der Waals surface area contributed by atoms with Crippen molar-refractivity contribution in [1.29, 1.82) is 0 Å². The van der Waals surface area contributed by atoms with Gasteiger partial charge in [-0.3, -0.25) is 20.2 Å². The largest absolute Gasteiger partial charge is 0.380 e. The number of imide groups is 2. The predicted molar refractivity (Wildman–Crippen MR) is 33.7 cm³/mol. The van der Waals surface area contributed by atoms with Crippen LogP contribution in [0.3, 0.4) is 0 Å². The van der Waals surface area contributed by atoms with E-state index in [1.54, 1.807) is 10.6 Å². The molecule has 1 rings (SSSR count). The average Bonchev–Trinajstić information content (AvgIpc) is 2.05. The maximum Gasteiger partial charge on any atom is 0.328 e. The number of carbonyl (C=O) groups is 3.